The number of fused-ring (bicyclic) bond motifs is 1. The van der Waals surface area contributed by atoms with Crippen LogP contribution in [-0.2, 0) is 13.5 Å². The Bertz CT molecular complexity index is 797. The van der Waals surface area contributed by atoms with Gasteiger partial charge in [0.05, 0.1) is 11.0 Å². The number of benzene rings is 2. The van der Waals surface area contributed by atoms with Gasteiger partial charge in [-0.1, -0.05) is 39.7 Å². The molecule has 108 valence electrons. The van der Waals surface area contributed by atoms with Crippen molar-refractivity contribution in [3.05, 3.63) is 63.3 Å². The predicted molar refractivity (Wildman–Crippen MR) is 90.5 cm³/mol. The fraction of sp³-hybridized carbons (Fsp3) is 0.188. The van der Waals surface area contributed by atoms with E-state index in [0.29, 0.717) is 11.4 Å². The van der Waals surface area contributed by atoms with Crippen LogP contribution in [0.4, 0.5) is 0 Å². The molecule has 3 nitrogen and oxygen atoms in total. The minimum Gasteiger partial charge on any atom is -0.331 e. The maximum Gasteiger partial charge on any atom is 0.111 e. The highest BCUT2D eigenvalue weighted by Crippen LogP contribution is 2.27. The van der Waals surface area contributed by atoms with Crippen molar-refractivity contribution in [2.45, 2.75) is 12.5 Å². The maximum absolute atomic E-state index is 6.33. The number of aryl methyl sites for hydroxylation is 1. The summed E-state index contributed by atoms with van der Waals surface area (Å²) in [4.78, 5) is 4.66. The second-order valence-electron chi connectivity index (χ2n) is 5.05. The summed E-state index contributed by atoms with van der Waals surface area (Å²) in [7, 11) is 2.01. The largest absolute Gasteiger partial charge is 0.331 e. The second kappa shape index (κ2) is 5.79. The summed E-state index contributed by atoms with van der Waals surface area (Å²) in [5, 5.41) is 0.685. The van der Waals surface area contributed by atoms with E-state index in [1.807, 2.05) is 43.4 Å². The Hall–Kier alpha value is -1.36. The van der Waals surface area contributed by atoms with Gasteiger partial charge in [0.25, 0.3) is 0 Å². The third-order valence-electron chi connectivity index (χ3n) is 3.64. The molecule has 0 aliphatic carbocycles. The molecular weight excluding hydrogens is 350 g/mol. The molecule has 0 saturated heterocycles. The zero-order valence-corrected chi connectivity index (χ0v) is 13.9. The molecule has 1 heterocycles. The van der Waals surface area contributed by atoms with Crippen LogP contribution in [0.15, 0.2) is 46.9 Å². The Balaban J connectivity index is 1.94. The number of aromatic nitrogens is 2. The van der Waals surface area contributed by atoms with Crippen LogP contribution in [0.2, 0.25) is 5.02 Å². The Kier molecular flexibility index (Phi) is 4.02. The molecule has 1 atom stereocenters. The summed E-state index contributed by atoms with van der Waals surface area (Å²) in [5.74, 6) is 0.958. The van der Waals surface area contributed by atoms with E-state index in [2.05, 4.69) is 31.5 Å². The first-order valence-electron chi connectivity index (χ1n) is 6.67. The van der Waals surface area contributed by atoms with Crippen LogP contribution in [0, 0.1) is 0 Å². The van der Waals surface area contributed by atoms with Crippen molar-refractivity contribution in [1.82, 2.24) is 9.55 Å². The average Bonchev–Trinajstić information content (AvgIpc) is 2.78. The van der Waals surface area contributed by atoms with Crippen molar-refractivity contribution in [2.75, 3.05) is 0 Å². The lowest BCUT2D eigenvalue weighted by molar-refractivity contribution is 0.665. The smallest absolute Gasteiger partial charge is 0.111 e. The van der Waals surface area contributed by atoms with Gasteiger partial charge in [-0.15, -0.1) is 0 Å². The fourth-order valence-corrected chi connectivity index (χ4v) is 3.12. The topological polar surface area (TPSA) is 43.8 Å². The lowest BCUT2D eigenvalue weighted by Crippen LogP contribution is -2.16. The molecule has 0 bridgehead atoms. The number of nitrogens with zero attached hydrogens (tertiary/aromatic N) is 2. The van der Waals surface area contributed by atoms with Crippen LogP contribution in [-0.4, -0.2) is 9.55 Å². The summed E-state index contributed by atoms with van der Waals surface area (Å²) in [6.45, 7) is 0. The Morgan fingerprint density at radius 2 is 2.05 bits per heavy atom. The Labute approximate surface area is 136 Å². The van der Waals surface area contributed by atoms with Crippen LogP contribution in [0.5, 0.6) is 0 Å². The molecule has 2 aromatic carbocycles. The van der Waals surface area contributed by atoms with E-state index in [1.165, 1.54) is 0 Å². The molecule has 21 heavy (non-hydrogen) atoms. The monoisotopic (exact) mass is 363 g/mol. The van der Waals surface area contributed by atoms with Gasteiger partial charge in [-0.25, -0.2) is 4.98 Å². The molecule has 1 unspecified atom stereocenters. The SMILES string of the molecule is Cn1c(CC(N)c2cc(Br)ccc2Cl)nc2ccccc21. The molecule has 1 aromatic heterocycles. The number of para-hydroxylation sites is 2. The highest BCUT2D eigenvalue weighted by atomic mass is 79.9. The molecule has 2 N–H and O–H groups in total. The number of halogens is 2. The standard InChI is InChI=1S/C16H15BrClN3/c1-21-15-5-3-2-4-14(15)20-16(21)9-13(19)11-8-10(17)6-7-12(11)18/h2-8,13H,9,19H2,1H3. The number of hydrogen-bond donors (Lipinski definition) is 1. The van der Waals surface area contributed by atoms with Crippen LogP contribution in [0.25, 0.3) is 11.0 Å². The van der Waals surface area contributed by atoms with Gasteiger partial charge in [0.1, 0.15) is 5.82 Å². The van der Waals surface area contributed by atoms with Crippen molar-refractivity contribution in [1.29, 1.82) is 0 Å². The zero-order chi connectivity index (χ0) is 15.0. The maximum atomic E-state index is 6.33. The van der Waals surface area contributed by atoms with Crippen LogP contribution in [0.3, 0.4) is 0 Å². The van der Waals surface area contributed by atoms with Crippen molar-refractivity contribution in [3.63, 3.8) is 0 Å². The van der Waals surface area contributed by atoms with Gasteiger partial charge in [0.15, 0.2) is 0 Å². The number of nitrogens with two attached hydrogens (primary N) is 1. The quantitative estimate of drug-likeness (QED) is 0.755. The van der Waals surface area contributed by atoms with Gasteiger partial charge >= 0.3 is 0 Å². The van der Waals surface area contributed by atoms with Crippen LogP contribution >= 0.6 is 27.5 Å². The van der Waals surface area contributed by atoms with E-state index >= 15 is 0 Å². The first kappa shape index (κ1) is 14.6. The molecule has 0 saturated carbocycles. The first-order valence-corrected chi connectivity index (χ1v) is 7.84. The first-order chi connectivity index (χ1) is 10.1. The molecule has 3 rings (SSSR count). The molecular formula is C16H15BrClN3. The highest BCUT2D eigenvalue weighted by Gasteiger charge is 2.15. The van der Waals surface area contributed by atoms with E-state index in [1.54, 1.807) is 0 Å². The fourth-order valence-electron chi connectivity index (χ4n) is 2.48. The third-order valence-corrected chi connectivity index (χ3v) is 4.48. The Morgan fingerprint density at radius 3 is 2.81 bits per heavy atom. The van der Waals surface area contributed by atoms with E-state index < -0.39 is 0 Å². The van der Waals surface area contributed by atoms with Gasteiger partial charge < -0.3 is 10.3 Å². The van der Waals surface area contributed by atoms with Crippen LogP contribution < -0.4 is 5.73 Å². The summed E-state index contributed by atoms with van der Waals surface area (Å²) in [6.07, 6.45) is 0.640. The summed E-state index contributed by atoms with van der Waals surface area (Å²) in [6, 6.07) is 13.6. The minimum absolute atomic E-state index is 0.189. The summed E-state index contributed by atoms with van der Waals surface area (Å²) < 4.78 is 3.06. The van der Waals surface area contributed by atoms with E-state index in [-0.39, 0.29) is 6.04 Å². The van der Waals surface area contributed by atoms with Crippen molar-refractivity contribution in [3.8, 4) is 0 Å². The number of imidazole rings is 1. The summed E-state index contributed by atoms with van der Waals surface area (Å²) >= 11 is 9.71. The average molecular weight is 365 g/mol. The molecule has 0 radical (unpaired) electrons. The lowest BCUT2D eigenvalue weighted by Gasteiger charge is -2.14. The van der Waals surface area contributed by atoms with Gasteiger partial charge in [-0.2, -0.15) is 0 Å². The number of rotatable bonds is 3. The summed E-state index contributed by atoms with van der Waals surface area (Å²) in [5.41, 5.74) is 9.36. The minimum atomic E-state index is -0.189. The van der Waals surface area contributed by atoms with E-state index in [0.717, 1.165) is 26.9 Å². The third kappa shape index (κ3) is 2.84. The van der Waals surface area contributed by atoms with E-state index in [9.17, 15) is 0 Å². The van der Waals surface area contributed by atoms with Gasteiger partial charge in [-0.3, -0.25) is 0 Å². The molecule has 0 amide bonds. The number of hydrogen-bond acceptors (Lipinski definition) is 2. The zero-order valence-electron chi connectivity index (χ0n) is 11.6. The van der Waals surface area contributed by atoms with E-state index in [4.69, 9.17) is 17.3 Å². The lowest BCUT2D eigenvalue weighted by atomic mass is 10.0. The second-order valence-corrected chi connectivity index (χ2v) is 6.38. The predicted octanol–water partition coefficient (Wildman–Crippen LogP) is 4.23. The molecule has 0 fully saturated rings. The van der Waals surface area contributed by atoms with Crippen molar-refractivity contribution < 1.29 is 0 Å². The van der Waals surface area contributed by atoms with Crippen molar-refractivity contribution in [2.24, 2.45) is 12.8 Å². The molecule has 0 aliphatic heterocycles. The van der Waals surface area contributed by atoms with Gasteiger partial charge in [-0.05, 0) is 35.9 Å². The molecule has 0 aliphatic rings. The molecule has 3 aromatic rings. The van der Waals surface area contributed by atoms with Gasteiger partial charge in [0.2, 0.25) is 0 Å². The van der Waals surface area contributed by atoms with Crippen molar-refractivity contribution >= 4 is 38.6 Å². The molecule has 0 spiro atoms. The highest BCUT2D eigenvalue weighted by molar-refractivity contribution is 9.10. The Morgan fingerprint density at radius 1 is 1.29 bits per heavy atom. The van der Waals surface area contributed by atoms with Gasteiger partial charge in [0, 0.05) is 29.0 Å². The molecule has 5 heteroatoms. The van der Waals surface area contributed by atoms with Crippen LogP contribution in [0.1, 0.15) is 17.4 Å². The normalized spacial score (nSPS) is 12.8.